The summed E-state index contributed by atoms with van der Waals surface area (Å²) in [5.41, 5.74) is -0.304. The molecule has 0 fully saturated rings. The van der Waals surface area contributed by atoms with Gasteiger partial charge in [-0.2, -0.15) is 0 Å². The lowest BCUT2D eigenvalue weighted by atomic mass is 10.1. The Hall–Kier alpha value is -2.57. The summed E-state index contributed by atoms with van der Waals surface area (Å²) in [6, 6.07) is 2.86. The molecule has 0 amide bonds. The minimum absolute atomic E-state index is 0.0124. The molecule has 7 heteroatoms. The van der Waals surface area contributed by atoms with Gasteiger partial charge in [0.05, 0.1) is 6.33 Å². The minimum atomic E-state index is -0.763. The van der Waals surface area contributed by atoms with E-state index in [0.29, 0.717) is 0 Å². The fraction of sp³-hybridized carbons (Fsp3) is 0. The number of rotatable bonds is 1. The van der Waals surface area contributed by atoms with Crippen LogP contribution < -0.4 is 5.56 Å². The van der Waals surface area contributed by atoms with Crippen molar-refractivity contribution in [1.29, 1.82) is 0 Å². The highest BCUT2D eigenvalue weighted by molar-refractivity contribution is 5.88. The first kappa shape index (κ1) is 10.6. The zero-order chi connectivity index (χ0) is 12.7. The zero-order valence-corrected chi connectivity index (χ0v) is 8.78. The highest BCUT2D eigenvalue weighted by Crippen LogP contribution is 2.25. The summed E-state index contributed by atoms with van der Waals surface area (Å²) in [5.74, 6) is -1.53. The number of H-pyrrole nitrogens is 1. The van der Waals surface area contributed by atoms with Crippen LogP contribution in [0.5, 0.6) is 0 Å². The van der Waals surface area contributed by atoms with E-state index in [1.807, 2.05) is 0 Å². The fourth-order valence-corrected chi connectivity index (χ4v) is 1.68. The standard InChI is InChI=1S/C11H5F2N3O2/c12-6-1-5(2-7(13)3-6)9-8-10(17)14-4-15-11(8)18-16-9/h1-4H,(H,14,15,17). The van der Waals surface area contributed by atoms with Crippen molar-refractivity contribution in [2.45, 2.75) is 0 Å². The van der Waals surface area contributed by atoms with Gasteiger partial charge in [-0.1, -0.05) is 5.16 Å². The third kappa shape index (κ3) is 1.56. The smallest absolute Gasteiger partial charge is 0.265 e. The Balaban J connectivity index is 2.35. The molecule has 18 heavy (non-hydrogen) atoms. The van der Waals surface area contributed by atoms with Crippen molar-refractivity contribution in [3.63, 3.8) is 0 Å². The Morgan fingerprint density at radius 2 is 1.89 bits per heavy atom. The molecule has 0 aliphatic heterocycles. The maximum atomic E-state index is 13.1. The Kier molecular flexibility index (Phi) is 2.19. The third-order valence-electron chi connectivity index (χ3n) is 2.41. The lowest BCUT2D eigenvalue weighted by Crippen LogP contribution is -2.05. The van der Waals surface area contributed by atoms with Gasteiger partial charge in [0.1, 0.15) is 22.7 Å². The second-order valence-corrected chi connectivity index (χ2v) is 3.60. The maximum Gasteiger partial charge on any atom is 0.265 e. The molecule has 0 aliphatic rings. The number of halogens is 2. The van der Waals surface area contributed by atoms with Gasteiger partial charge < -0.3 is 9.51 Å². The number of hydrogen-bond donors (Lipinski definition) is 1. The van der Waals surface area contributed by atoms with E-state index in [2.05, 4.69) is 15.1 Å². The van der Waals surface area contributed by atoms with Gasteiger partial charge >= 0.3 is 0 Å². The number of fused-ring (bicyclic) bond motifs is 1. The summed E-state index contributed by atoms with van der Waals surface area (Å²) >= 11 is 0. The Bertz CT molecular complexity index is 774. The first-order chi connectivity index (χ1) is 8.65. The molecule has 0 radical (unpaired) electrons. The summed E-state index contributed by atoms with van der Waals surface area (Å²) in [7, 11) is 0. The van der Waals surface area contributed by atoms with Crippen LogP contribution in [0.2, 0.25) is 0 Å². The van der Waals surface area contributed by atoms with Crippen molar-refractivity contribution < 1.29 is 13.3 Å². The predicted octanol–water partition coefficient (Wildman–Crippen LogP) is 1.86. The van der Waals surface area contributed by atoms with Crippen LogP contribution in [0.4, 0.5) is 8.78 Å². The molecule has 5 nitrogen and oxygen atoms in total. The van der Waals surface area contributed by atoms with E-state index >= 15 is 0 Å². The quantitative estimate of drug-likeness (QED) is 0.714. The summed E-state index contributed by atoms with van der Waals surface area (Å²) < 4.78 is 31.1. The molecule has 0 saturated carbocycles. The number of aromatic amines is 1. The molecular formula is C11H5F2N3O2. The number of nitrogens with one attached hydrogen (secondary N) is 1. The lowest BCUT2D eigenvalue weighted by Gasteiger charge is -1.97. The normalized spacial score (nSPS) is 11.0. The summed E-state index contributed by atoms with van der Waals surface area (Å²) in [4.78, 5) is 17.7. The van der Waals surface area contributed by atoms with Crippen molar-refractivity contribution in [2.75, 3.05) is 0 Å². The second-order valence-electron chi connectivity index (χ2n) is 3.60. The molecule has 3 aromatic rings. The van der Waals surface area contributed by atoms with E-state index in [1.54, 1.807) is 0 Å². The van der Waals surface area contributed by atoms with Crippen LogP contribution in [0.15, 0.2) is 33.8 Å². The van der Waals surface area contributed by atoms with E-state index in [4.69, 9.17) is 4.52 Å². The van der Waals surface area contributed by atoms with Gasteiger partial charge in [0.15, 0.2) is 0 Å². The lowest BCUT2D eigenvalue weighted by molar-refractivity contribution is 0.451. The number of hydrogen-bond acceptors (Lipinski definition) is 4. The average molecular weight is 249 g/mol. The zero-order valence-electron chi connectivity index (χ0n) is 8.78. The predicted molar refractivity (Wildman–Crippen MR) is 57.8 cm³/mol. The Labute approximate surface area is 98.1 Å². The van der Waals surface area contributed by atoms with Gasteiger partial charge in [-0.05, 0) is 12.1 Å². The molecule has 3 rings (SSSR count). The van der Waals surface area contributed by atoms with Crippen LogP contribution in [0.25, 0.3) is 22.4 Å². The van der Waals surface area contributed by atoms with Crippen molar-refractivity contribution in [2.24, 2.45) is 0 Å². The third-order valence-corrected chi connectivity index (χ3v) is 2.41. The van der Waals surface area contributed by atoms with E-state index in [0.717, 1.165) is 24.5 Å². The number of aromatic nitrogens is 3. The topological polar surface area (TPSA) is 71.8 Å². The van der Waals surface area contributed by atoms with Gasteiger partial charge in [0.25, 0.3) is 11.3 Å². The van der Waals surface area contributed by atoms with E-state index in [1.165, 1.54) is 0 Å². The molecule has 0 spiro atoms. The molecule has 2 heterocycles. The molecule has 1 aromatic carbocycles. The molecular weight excluding hydrogens is 244 g/mol. The molecule has 1 N–H and O–H groups in total. The van der Waals surface area contributed by atoms with Crippen LogP contribution >= 0.6 is 0 Å². The second kappa shape index (κ2) is 3.73. The molecule has 0 bridgehead atoms. The van der Waals surface area contributed by atoms with E-state index < -0.39 is 17.2 Å². The molecule has 2 aromatic heterocycles. The van der Waals surface area contributed by atoms with Crippen LogP contribution in [-0.2, 0) is 0 Å². The summed E-state index contributed by atoms with van der Waals surface area (Å²) in [5, 5.41) is 3.68. The molecule has 0 aliphatic carbocycles. The SMILES string of the molecule is O=c1[nH]cnc2onc(-c3cc(F)cc(F)c3)c12. The fourth-order valence-electron chi connectivity index (χ4n) is 1.68. The molecule has 0 atom stereocenters. The monoisotopic (exact) mass is 249 g/mol. The summed E-state index contributed by atoms with van der Waals surface area (Å²) in [6.07, 6.45) is 1.16. The van der Waals surface area contributed by atoms with Crippen molar-refractivity contribution in [1.82, 2.24) is 15.1 Å². The largest absolute Gasteiger partial charge is 0.335 e. The maximum absolute atomic E-state index is 13.1. The Morgan fingerprint density at radius 1 is 1.17 bits per heavy atom. The highest BCUT2D eigenvalue weighted by Gasteiger charge is 2.16. The molecule has 0 unspecified atom stereocenters. The van der Waals surface area contributed by atoms with Crippen LogP contribution in [0.1, 0.15) is 0 Å². The van der Waals surface area contributed by atoms with Gasteiger partial charge in [0.2, 0.25) is 0 Å². The molecule has 0 saturated heterocycles. The minimum Gasteiger partial charge on any atom is -0.335 e. The van der Waals surface area contributed by atoms with Crippen LogP contribution in [-0.4, -0.2) is 15.1 Å². The van der Waals surface area contributed by atoms with Crippen LogP contribution in [0.3, 0.4) is 0 Å². The van der Waals surface area contributed by atoms with Crippen molar-refractivity contribution >= 4 is 11.1 Å². The van der Waals surface area contributed by atoms with Crippen molar-refractivity contribution in [3.05, 3.63) is 46.5 Å². The first-order valence-corrected chi connectivity index (χ1v) is 4.94. The van der Waals surface area contributed by atoms with Gasteiger partial charge in [-0.15, -0.1) is 0 Å². The molecule has 90 valence electrons. The van der Waals surface area contributed by atoms with Gasteiger partial charge in [-0.3, -0.25) is 4.79 Å². The number of nitrogens with zero attached hydrogens (tertiary/aromatic N) is 2. The van der Waals surface area contributed by atoms with Crippen molar-refractivity contribution in [3.8, 4) is 11.3 Å². The van der Waals surface area contributed by atoms with E-state index in [9.17, 15) is 13.6 Å². The van der Waals surface area contributed by atoms with Gasteiger partial charge in [-0.25, -0.2) is 13.8 Å². The number of benzene rings is 1. The first-order valence-electron chi connectivity index (χ1n) is 4.94. The highest BCUT2D eigenvalue weighted by atomic mass is 19.1. The summed E-state index contributed by atoms with van der Waals surface area (Å²) in [6.45, 7) is 0. The van der Waals surface area contributed by atoms with Crippen LogP contribution in [0, 0.1) is 11.6 Å². The Morgan fingerprint density at radius 3 is 2.61 bits per heavy atom. The average Bonchev–Trinajstić information content (AvgIpc) is 2.73. The van der Waals surface area contributed by atoms with E-state index in [-0.39, 0.29) is 22.4 Å². The van der Waals surface area contributed by atoms with Gasteiger partial charge in [0, 0.05) is 11.6 Å².